The molecule has 0 bridgehead atoms. The average molecular weight is 372 g/mol. The summed E-state index contributed by atoms with van der Waals surface area (Å²) in [4.78, 5) is 14.5. The number of benzene rings is 2. The molecular weight excluding hydrogens is 355 g/mol. The number of nitrogens with one attached hydrogen (secondary N) is 1. The van der Waals surface area contributed by atoms with Crippen LogP contribution in [0.5, 0.6) is 0 Å². The van der Waals surface area contributed by atoms with Crippen LogP contribution in [0.3, 0.4) is 0 Å². The number of anilines is 1. The molecule has 1 aliphatic heterocycles. The maximum atomic E-state index is 13.1. The molecule has 4 rings (SSSR count). The molecule has 1 fully saturated rings. The molecule has 26 heavy (non-hydrogen) atoms. The van der Waals surface area contributed by atoms with Crippen molar-refractivity contribution in [3.63, 3.8) is 0 Å². The summed E-state index contributed by atoms with van der Waals surface area (Å²) in [6.07, 6.45) is -0.164. The Bertz CT molecular complexity index is 915. The zero-order valence-electron chi connectivity index (χ0n) is 13.9. The monoisotopic (exact) mass is 372 g/mol. The standard InChI is InChI=1S/C18H17FN4O2S/c19-13-6-4-12(5-7-13)16-10-23(8-9-25-16)11-17(24)20-14-2-1-3-15-18(14)22-26-21-15/h1-7,16H,8-11H2,(H,20,24). The molecule has 1 aromatic heterocycles. The molecule has 3 aromatic rings. The highest BCUT2D eigenvalue weighted by atomic mass is 32.1. The van der Waals surface area contributed by atoms with Crippen molar-refractivity contribution in [2.24, 2.45) is 0 Å². The van der Waals surface area contributed by atoms with E-state index < -0.39 is 0 Å². The number of ether oxygens (including phenoxy) is 1. The molecule has 134 valence electrons. The van der Waals surface area contributed by atoms with Crippen molar-refractivity contribution in [3.8, 4) is 0 Å². The van der Waals surface area contributed by atoms with E-state index in [1.807, 2.05) is 23.1 Å². The predicted molar refractivity (Wildman–Crippen MR) is 97.6 cm³/mol. The van der Waals surface area contributed by atoms with Crippen LogP contribution in [0.15, 0.2) is 42.5 Å². The normalized spacial score (nSPS) is 18.1. The van der Waals surface area contributed by atoms with Crippen LogP contribution in [0.4, 0.5) is 10.1 Å². The van der Waals surface area contributed by atoms with Gasteiger partial charge in [-0.3, -0.25) is 9.69 Å². The van der Waals surface area contributed by atoms with Crippen LogP contribution in [0.1, 0.15) is 11.7 Å². The van der Waals surface area contributed by atoms with Gasteiger partial charge in [0.05, 0.1) is 36.7 Å². The maximum Gasteiger partial charge on any atom is 0.238 e. The molecule has 1 amide bonds. The Labute approximate surface area is 153 Å². The van der Waals surface area contributed by atoms with Gasteiger partial charge in [0.1, 0.15) is 16.9 Å². The second-order valence-corrected chi connectivity index (χ2v) is 6.66. The number of hydrogen-bond donors (Lipinski definition) is 1. The van der Waals surface area contributed by atoms with Crippen LogP contribution in [0.25, 0.3) is 11.0 Å². The van der Waals surface area contributed by atoms with E-state index in [2.05, 4.69) is 14.1 Å². The number of hydrogen-bond acceptors (Lipinski definition) is 6. The summed E-state index contributed by atoms with van der Waals surface area (Å²) in [6.45, 7) is 2.05. The molecular formula is C18H17FN4O2S. The summed E-state index contributed by atoms with van der Waals surface area (Å²) >= 11 is 1.12. The molecule has 6 nitrogen and oxygen atoms in total. The Hall–Kier alpha value is -2.42. The number of halogens is 1. The predicted octanol–water partition coefficient (Wildman–Crippen LogP) is 2.84. The minimum atomic E-state index is -0.272. The number of amides is 1. The van der Waals surface area contributed by atoms with Crippen molar-refractivity contribution in [2.45, 2.75) is 6.10 Å². The SMILES string of the molecule is O=C(CN1CCOC(c2ccc(F)cc2)C1)Nc1cccc2nsnc12. The minimum absolute atomic E-state index is 0.106. The fourth-order valence-corrected chi connectivity index (χ4v) is 3.57. The number of carbonyl (C=O) groups is 1. The van der Waals surface area contributed by atoms with Crippen LogP contribution in [0.2, 0.25) is 0 Å². The fourth-order valence-electron chi connectivity index (χ4n) is 3.03. The van der Waals surface area contributed by atoms with Crippen LogP contribution < -0.4 is 5.32 Å². The Morgan fingerprint density at radius 2 is 2.12 bits per heavy atom. The van der Waals surface area contributed by atoms with E-state index in [0.717, 1.165) is 22.8 Å². The number of nitrogens with zero attached hydrogens (tertiary/aromatic N) is 3. The summed E-state index contributed by atoms with van der Waals surface area (Å²) in [5, 5.41) is 2.91. The molecule has 0 aliphatic carbocycles. The lowest BCUT2D eigenvalue weighted by Gasteiger charge is -2.32. The van der Waals surface area contributed by atoms with Crippen molar-refractivity contribution in [2.75, 3.05) is 31.6 Å². The third-order valence-corrected chi connectivity index (χ3v) is 4.86. The van der Waals surface area contributed by atoms with Gasteiger partial charge in [0.2, 0.25) is 5.91 Å². The van der Waals surface area contributed by atoms with E-state index in [-0.39, 0.29) is 24.4 Å². The van der Waals surface area contributed by atoms with E-state index in [1.165, 1.54) is 12.1 Å². The Kier molecular flexibility index (Phi) is 4.87. The molecule has 0 saturated carbocycles. The first kappa shape index (κ1) is 17.0. The third-order valence-electron chi connectivity index (χ3n) is 4.32. The number of carbonyl (C=O) groups excluding carboxylic acids is 1. The molecule has 0 radical (unpaired) electrons. The van der Waals surface area contributed by atoms with Crippen LogP contribution >= 0.6 is 11.7 Å². The van der Waals surface area contributed by atoms with Crippen LogP contribution in [0, 0.1) is 5.82 Å². The Balaban J connectivity index is 1.39. The largest absolute Gasteiger partial charge is 0.371 e. The summed E-state index contributed by atoms with van der Waals surface area (Å²) < 4.78 is 27.3. The summed E-state index contributed by atoms with van der Waals surface area (Å²) in [6, 6.07) is 11.8. The van der Waals surface area contributed by atoms with Gasteiger partial charge in [-0.05, 0) is 29.8 Å². The van der Waals surface area contributed by atoms with Gasteiger partial charge in [-0.25, -0.2) is 4.39 Å². The average Bonchev–Trinajstić information content (AvgIpc) is 3.12. The molecule has 1 N–H and O–H groups in total. The Morgan fingerprint density at radius 3 is 2.96 bits per heavy atom. The van der Waals surface area contributed by atoms with Crippen LogP contribution in [-0.4, -0.2) is 45.8 Å². The maximum absolute atomic E-state index is 13.1. The van der Waals surface area contributed by atoms with Gasteiger partial charge < -0.3 is 10.1 Å². The first-order valence-corrected chi connectivity index (χ1v) is 9.02. The summed E-state index contributed by atoms with van der Waals surface area (Å²) in [7, 11) is 0. The fraction of sp³-hybridized carbons (Fsp3) is 0.278. The van der Waals surface area contributed by atoms with Crippen molar-refractivity contribution in [1.29, 1.82) is 0 Å². The van der Waals surface area contributed by atoms with E-state index >= 15 is 0 Å². The van der Waals surface area contributed by atoms with Crippen molar-refractivity contribution >= 4 is 34.4 Å². The van der Waals surface area contributed by atoms with E-state index in [1.54, 1.807) is 12.1 Å². The molecule has 2 heterocycles. The second-order valence-electron chi connectivity index (χ2n) is 6.13. The lowest BCUT2D eigenvalue weighted by Crippen LogP contribution is -2.42. The molecule has 2 aromatic carbocycles. The third kappa shape index (κ3) is 3.72. The minimum Gasteiger partial charge on any atom is -0.371 e. The quantitative estimate of drug-likeness (QED) is 0.763. The zero-order valence-corrected chi connectivity index (χ0v) is 14.7. The van der Waals surface area contributed by atoms with Crippen molar-refractivity contribution < 1.29 is 13.9 Å². The van der Waals surface area contributed by atoms with Gasteiger partial charge in [0.15, 0.2) is 0 Å². The van der Waals surface area contributed by atoms with Gasteiger partial charge in [0, 0.05) is 13.1 Å². The zero-order chi connectivity index (χ0) is 17.9. The lowest BCUT2D eigenvalue weighted by atomic mass is 10.1. The van der Waals surface area contributed by atoms with Gasteiger partial charge in [-0.15, -0.1) is 0 Å². The smallest absolute Gasteiger partial charge is 0.238 e. The number of rotatable bonds is 4. The highest BCUT2D eigenvalue weighted by molar-refractivity contribution is 7.00. The molecule has 1 aliphatic rings. The first-order chi connectivity index (χ1) is 12.7. The van der Waals surface area contributed by atoms with E-state index in [4.69, 9.17) is 4.74 Å². The van der Waals surface area contributed by atoms with E-state index in [9.17, 15) is 9.18 Å². The number of aromatic nitrogens is 2. The summed E-state index contributed by atoms with van der Waals surface area (Å²) in [5.41, 5.74) is 3.06. The van der Waals surface area contributed by atoms with Crippen LogP contribution in [-0.2, 0) is 9.53 Å². The number of morpholine rings is 1. The highest BCUT2D eigenvalue weighted by Gasteiger charge is 2.23. The van der Waals surface area contributed by atoms with Crippen molar-refractivity contribution in [3.05, 3.63) is 53.8 Å². The van der Waals surface area contributed by atoms with Crippen molar-refractivity contribution in [1.82, 2.24) is 13.6 Å². The van der Waals surface area contributed by atoms with Gasteiger partial charge >= 0.3 is 0 Å². The highest BCUT2D eigenvalue weighted by Crippen LogP contribution is 2.23. The molecule has 0 spiro atoms. The Morgan fingerprint density at radius 1 is 1.27 bits per heavy atom. The van der Waals surface area contributed by atoms with Gasteiger partial charge in [0.25, 0.3) is 0 Å². The first-order valence-electron chi connectivity index (χ1n) is 8.29. The molecule has 1 unspecified atom stereocenters. The lowest BCUT2D eigenvalue weighted by molar-refractivity contribution is -0.119. The van der Waals surface area contributed by atoms with E-state index in [0.29, 0.717) is 30.9 Å². The van der Waals surface area contributed by atoms with Gasteiger partial charge in [-0.2, -0.15) is 8.75 Å². The molecule has 1 atom stereocenters. The number of fused-ring (bicyclic) bond motifs is 1. The summed E-state index contributed by atoms with van der Waals surface area (Å²) in [5.74, 6) is -0.378. The topological polar surface area (TPSA) is 67.3 Å². The molecule has 1 saturated heterocycles. The van der Waals surface area contributed by atoms with Gasteiger partial charge in [-0.1, -0.05) is 18.2 Å². The second kappa shape index (κ2) is 7.45. The molecule has 8 heteroatoms.